The van der Waals surface area contributed by atoms with Crippen LogP contribution in [-0.4, -0.2) is 12.2 Å². The molecule has 0 spiro atoms. The van der Waals surface area contributed by atoms with Crippen molar-refractivity contribution in [1.82, 2.24) is 0 Å². The summed E-state index contributed by atoms with van der Waals surface area (Å²) < 4.78 is 5.14. The van der Waals surface area contributed by atoms with Crippen LogP contribution in [0.2, 0.25) is 0 Å². The van der Waals surface area contributed by atoms with Gasteiger partial charge < -0.3 is 9.84 Å². The molecule has 1 fully saturated rings. The highest BCUT2D eigenvalue weighted by atomic mass is 16.5. The molecule has 1 aliphatic rings. The number of ether oxygens (including phenoxy) is 1. The van der Waals surface area contributed by atoms with Gasteiger partial charge in [0.1, 0.15) is 5.75 Å². The Bertz CT molecular complexity index is 368. The van der Waals surface area contributed by atoms with Gasteiger partial charge in [-0.25, -0.2) is 0 Å². The van der Waals surface area contributed by atoms with Gasteiger partial charge in [0, 0.05) is 0 Å². The molecule has 94 valence electrons. The number of benzene rings is 1. The summed E-state index contributed by atoms with van der Waals surface area (Å²) in [5.74, 6) is 0.841. The van der Waals surface area contributed by atoms with Crippen LogP contribution in [-0.2, 0) is 5.60 Å². The Labute approximate surface area is 104 Å². The lowest BCUT2D eigenvalue weighted by atomic mass is 9.69. The van der Waals surface area contributed by atoms with Gasteiger partial charge in [-0.3, -0.25) is 0 Å². The van der Waals surface area contributed by atoms with Crippen LogP contribution in [0.3, 0.4) is 0 Å². The molecule has 1 aliphatic carbocycles. The van der Waals surface area contributed by atoms with E-state index in [4.69, 9.17) is 4.74 Å². The molecule has 0 aromatic heterocycles. The normalized spacial score (nSPS) is 22.1. The Morgan fingerprint density at radius 1 is 1.00 bits per heavy atom. The fourth-order valence-corrected chi connectivity index (χ4v) is 2.53. The highest BCUT2D eigenvalue weighted by molar-refractivity contribution is 5.31. The van der Waals surface area contributed by atoms with E-state index in [1.165, 1.54) is 0 Å². The second-order valence-corrected chi connectivity index (χ2v) is 5.92. The van der Waals surface area contributed by atoms with Crippen molar-refractivity contribution in [1.29, 1.82) is 0 Å². The van der Waals surface area contributed by atoms with Gasteiger partial charge in [-0.15, -0.1) is 0 Å². The van der Waals surface area contributed by atoms with Crippen LogP contribution in [0.1, 0.15) is 45.1 Å². The van der Waals surface area contributed by atoms with Crippen LogP contribution < -0.4 is 4.74 Å². The summed E-state index contributed by atoms with van der Waals surface area (Å²) in [5, 5.41) is 10.7. The Morgan fingerprint density at radius 3 is 2.00 bits per heavy atom. The lowest BCUT2D eigenvalue weighted by molar-refractivity contribution is -0.0305. The van der Waals surface area contributed by atoms with Crippen molar-refractivity contribution in [2.45, 2.75) is 45.1 Å². The predicted molar refractivity (Wildman–Crippen MR) is 69.1 cm³/mol. The second kappa shape index (κ2) is 4.34. The fraction of sp³-hybridized carbons (Fsp3) is 0.600. The highest BCUT2D eigenvalue weighted by Gasteiger charge is 2.37. The van der Waals surface area contributed by atoms with Gasteiger partial charge in [-0.1, -0.05) is 26.0 Å². The topological polar surface area (TPSA) is 29.5 Å². The van der Waals surface area contributed by atoms with Crippen LogP contribution in [0, 0.1) is 5.41 Å². The predicted octanol–water partition coefficient (Wildman–Crippen LogP) is 3.48. The molecule has 1 N–H and O–H groups in total. The first kappa shape index (κ1) is 12.4. The first-order chi connectivity index (χ1) is 7.95. The standard InChI is InChI=1S/C15H22O2/c1-14(2)8-10-15(16,11-9-14)12-4-6-13(17-3)7-5-12/h4-7,16H,8-11H2,1-3H3. The molecule has 0 bridgehead atoms. The highest BCUT2D eigenvalue weighted by Crippen LogP contribution is 2.45. The minimum atomic E-state index is -0.637. The monoisotopic (exact) mass is 234 g/mol. The first-order valence-corrected chi connectivity index (χ1v) is 6.32. The third-order valence-corrected chi connectivity index (χ3v) is 4.06. The molecule has 0 atom stereocenters. The van der Waals surface area contributed by atoms with E-state index in [2.05, 4.69) is 13.8 Å². The quantitative estimate of drug-likeness (QED) is 0.849. The van der Waals surface area contributed by atoms with E-state index in [0.29, 0.717) is 5.41 Å². The summed E-state index contributed by atoms with van der Waals surface area (Å²) in [6.45, 7) is 4.56. The van der Waals surface area contributed by atoms with Gasteiger partial charge in [-0.2, -0.15) is 0 Å². The molecule has 1 aromatic carbocycles. The van der Waals surface area contributed by atoms with E-state index in [9.17, 15) is 5.11 Å². The van der Waals surface area contributed by atoms with Gasteiger partial charge in [0.05, 0.1) is 12.7 Å². The number of aliphatic hydroxyl groups is 1. The largest absolute Gasteiger partial charge is 0.497 e. The van der Waals surface area contributed by atoms with E-state index >= 15 is 0 Å². The van der Waals surface area contributed by atoms with Crippen molar-refractivity contribution in [3.05, 3.63) is 29.8 Å². The number of hydrogen-bond donors (Lipinski definition) is 1. The van der Waals surface area contributed by atoms with Crippen LogP contribution >= 0.6 is 0 Å². The Kier molecular flexibility index (Phi) is 3.17. The van der Waals surface area contributed by atoms with Gasteiger partial charge in [0.15, 0.2) is 0 Å². The zero-order valence-corrected chi connectivity index (χ0v) is 11.0. The summed E-state index contributed by atoms with van der Waals surface area (Å²) in [4.78, 5) is 0. The van der Waals surface area contributed by atoms with Gasteiger partial charge in [0.25, 0.3) is 0 Å². The fourth-order valence-electron chi connectivity index (χ4n) is 2.53. The third kappa shape index (κ3) is 2.63. The van der Waals surface area contributed by atoms with Crippen LogP contribution in [0.4, 0.5) is 0 Å². The molecule has 0 heterocycles. The molecule has 0 radical (unpaired) electrons. The molecule has 0 amide bonds. The van der Waals surface area contributed by atoms with Crippen molar-refractivity contribution in [2.24, 2.45) is 5.41 Å². The maximum Gasteiger partial charge on any atom is 0.118 e. The molecule has 2 rings (SSSR count). The Morgan fingerprint density at radius 2 is 1.53 bits per heavy atom. The maximum atomic E-state index is 10.7. The molecule has 0 aliphatic heterocycles. The minimum absolute atomic E-state index is 0.374. The van der Waals surface area contributed by atoms with Crippen molar-refractivity contribution in [3.63, 3.8) is 0 Å². The molecular formula is C15H22O2. The molecule has 1 aromatic rings. The Balaban J connectivity index is 2.15. The van der Waals surface area contributed by atoms with E-state index in [1.54, 1.807) is 7.11 Å². The van der Waals surface area contributed by atoms with E-state index in [-0.39, 0.29) is 0 Å². The molecule has 1 saturated carbocycles. The lowest BCUT2D eigenvalue weighted by Crippen LogP contribution is -2.34. The minimum Gasteiger partial charge on any atom is -0.497 e. The van der Waals surface area contributed by atoms with Crippen molar-refractivity contribution < 1.29 is 9.84 Å². The summed E-state index contributed by atoms with van der Waals surface area (Å²) in [6, 6.07) is 7.81. The molecular weight excluding hydrogens is 212 g/mol. The Hall–Kier alpha value is -1.02. The van der Waals surface area contributed by atoms with Crippen LogP contribution in [0.5, 0.6) is 5.75 Å². The first-order valence-electron chi connectivity index (χ1n) is 6.32. The molecule has 0 saturated heterocycles. The smallest absolute Gasteiger partial charge is 0.118 e. The van der Waals surface area contributed by atoms with Crippen molar-refractivity contribution in [2.75, 3.05) is 7.11 Å². The zero-order valence-electron chi connectivity index (χ0n) is 11.0. The van der Waals surface area contributed by atoms with E-state index in [0.717, 1.165) is 37.0 Å². The molecule has 0 unspecified atom stereocenters. The second-order valence-electron chi connectivity index (χ2n) is 5.92. The van der Waals surface area contributed by atoms with E-state index in [1.807, 2.05) is 24.3 Å². The molecule has 2 heteroatoms. The van der Waals surface area contributed by atoms with Gasteiger partial charge in [0.2, 0.25) is 0 Å². The number of hydrogen-bond acceptors (Lipinski definition) is 2. The van der Waals surface area contributed by atoms with Gasteiger partial charge in [-0.05, 0) is 48.8 Å². The number of methoxy groups -OCH3 is 1. The van der Waals surface area contributed by atoms with Gasteiger partial charge >= 0.3 is 0 Å². The summed E-state index contributed by atoms with van der Waals surface area (Å²) in [6.07, 6.45) is 3.86. The SMILES string of the molecule is COc1ccc(C2(O)CCC(C)(C)CC2)cc1. The zero-order chi connectivity index (χ0) is 12.5. The van der Waals surface area contributed by atoms with Crippen molar-refractivity contribution in [3.8, 4) is 5.75 Å². The van der Waals surface area contributed by atoms with Crippen LogP contribution in [0.15, 0.2) is 24.3 Å². The summed E-state index contributed by atoms with van der Waals surface area (Å²) >= 11 is 0. The lowest BCUT2D eigenvalue weighted by Gasteiger charge is -2.40. The van der Waals surface area contributed by atoms with Crippen molar-refractivity contribution >= 4 is 0 Å². The third-order valence-electron chi connectivity index (χ3n) is 4.06. The van der Waals surface area contributed by atoms with Crippen LogP contribution in [0.25, 0.3) is 0 Å². The summed E-state index contributed by atoms with van der Waals surface area (Å²) in [5.41, 5.74) is 0.759. The molecule has 17 heavy (non-hydrogen) atoms. The number of rotatable bonds is 2. The average Bonchev–Trinajstić information content (AvgIpc) is 2.34. The molecule has 2 nitrogen and oxygen atoms in total. The maximum absolute atomic E-state index is 10.7. The summed E-state index contributed by atoms with van der Waals surface area (Å²) in [7, 11) is 1.66. The average molecular weight is 234 g/mol. The van der Waals surface area contributed by atoms with E-state index < -0.39 is 5.60 Å².